The van der Waals surface area contributed by atoms with Crippen molar-refractivity contribution in [3.05, 3.63) is 11.4 Å². The van der Waals surface area contributed by atoms with Gasteiger partial charge in [0.25, 0.3) is 0 Å². The molecule has 1 fully saturated rings. The highest BCUT2D eigenvalue weighted by atomic mass is 19.3. The Balaban J connectivity index is 2.29. The molecule has 1 saturated carbocycles. The van der Waals surface area contributed by atoms with Crippen molar-refractivity contribution in [2.24, 2.45) is 11.8 Å². The lowest BCUT2D eigenvalue weighted by molar-refractivity contribution is 0.0414. The van der Waals surface area contributed by atoms with Crippen LogP contribution < -0.4 is 0 Å². The lowest BCUT2D eigenvalue weighted by atomic mass is 9.80. The Morgan fingerprint density at radius 2 is 2.15 bits per heavy atom. The fourth-order valence-electron chi connectivity index (χ4n) is 2.07. The van der Waals surface area contributed by atoms with E-state index in [9.17, 15) is 8.78 Å². The van der Waals surface area contributed by atoms with Crippen molar-refractivity contribution in [3.63, 3.8) is 0 Å². The molecule has 0 bridgehead atoms. The van der Waals surface area contributed by atoms with E-state index in [1.807, 2.05) is 0 Å². The molecule has 0 N–H and O–H groups in total. The maximum atomic E-state index is 12.4. The minimum atomic E-state index is -2.16. The van der Waals surface area contributed by atoms with E-state index in [1.165, 1.54) is 0 Å². The van der Waals surface area contributed by atoms with Crippen molar-refractivity contribution in [2.45, 2.75) is 38.5 Å². The van der Waals surface area contributed by atoms with Crippen molar-refractivity contribution in [2.75, 3.05) is 6.54 Å². The summed E-state index contributed by atoms with van der Waals surface area (Å²) in [6, 6.07) is 0. The molecule has 0 aromatic carbocycles. The van der Waals surface area contributed by atoms with Crippen LogP contribution in [0.25, 0.3) is 4.85 Å². The van der Waals surface area contributed by atoms with Crippen LogP contribution in [0.1, 0.15) is 32.1 Å². The van der Waals surface area contributed by atoms with Crippen LogP contribution in [0.2, 0.25) is 0 Å². The number of nitrogens with zero attached hydrogens (tertiary/aromatic N) is 1. The number of hydrogen-bond acceptors (Lipinski definition) is 0. The van der Waals surface area contributed by atoms with E-state index < -0.39 is 12.3 Å². The lowest BCUT2D eigenvalue weighted by Gasteiger charge is -2.27. The van der Waals surface area contributed by atoms with Crippen LogP contribution in [0.3, 0.4) is 0 Å². The third-order valence-electron chi connectivity index (χ3n) is 2.83. The molecule has 0 spiro atoms. The zero-order valence-electron chi connectivity index (χ0n) is 7.68. The Bertz CT molecular complexity index is 186. The van der Waals surface area contributed by atoms with E-state index in [0.717, 1.165) is 19.3 Å². The van der Waals surface area contributed by atoms with Gasteiger partial charge in [0.2, 0.25) is 13.0 Å². The van der Waals surface area contributed by atoms with E-state index in [1.54, 1.807) is 0 Å². The Morgan fingerprint density at radius 1 is 1.38 bits per heavy atom. The maximum absolute atomic E-state index is 12.4. The van der Waals surface area contributed by atoms with Crippen LogP contribution in [-0.2, 0) is 0 Å². The summed E-state index contributed by atoms with van der Waals surface area (Å²) in [6.07, 6.45) is 1.92. The van der Waals surface area contributed by atoms with Crippen molar-refractivity contribution in [1.82, 2.24) is 0 Å². The first kappa shape index (κ1) is 10.4. The predicted octanol–water partition coefficient (Wildman–Crippen LogP) is 3.37. The number of hydrogen-bond donors (Lipinski definition) is 0. The largest absolute Gasteiger partial charge is 0.317 e. The fraction of sp³-hybridized carbons (Fsp3) is 0.900. The van der Waals surface area contributed by atoms with Crippen LogP contribution in [0.5, 0.6) is 0 Å². The van der Waals surface area contributed by atoms with Crippen molar-refractivity contribution < 1.29 is 8.78 Å². The standard InChI is InChI=1S/C10H15F2N/c1-13-6-5-8-3-2-4-9(7-8)10(11)12/h8-10H,2-7H2. The molecule has 0 aromatic rings. The zero-order valence-corrected chi connectivity index (χ0v) is 7.68. The van der Waals surface area contributed by atoms with Crippen LogP contribution in [0.15, 0.2) is 0 Å². The number of alkyl halides is 2. The molecule has 2 unspecified atom stereocenters. The lowest BCUT2D eigenvalue weighted by Crippen LogP contribution is -2.21. The summed E-state index contributed by atoms with van der Waals surface area (Å²) in [7, 11) is 0. The molecule has 0 saturated heterocycles. The fourth-order valence-corrected chi connectivity index (χ4v) is 2.07. The minimum Gasteiger partial charge on any atom is -0.317 e. The van der Waals surface area contributed by atoms with Gasteiger partial charge in [0.05, 0.1) is 0 Å². The van der Waals surface area contributed by atoms with Gasteiger partial charge < -0.3 is 4.85 Å². The first-order valence-corrected chi connectivity index (χ1v) is 4.85. The summed E-state index contributed by atoms with van der Waals surface area (Å²) in [4.78, 5) is 3.26. The SMILES string of the molecule is [C-]#[N+]CCC1CCCC(C(F)F)C1. The molecule has 0 aromatic heterocycles. The summed E-state index contributed by atoms with van der Waals surface area (Å²) >= 11 is 0. The average molecular weight is 187 g/mol. The zero-order chi connectivity index (χ0) is 9.68. The summed E-state index contributed by atoms with van der Waals surface area (Å²) in [5.74, 6) is -0.0219. The molecule has 1 aliphatic carbocycles. The van der Waals surface area contributed by atoms with E-state index in [-0.39, 0.29) is 0 Å². The highest BCUT2D eigenvalue weighted by Crippen LogP contribution is 2.34. The van der Waals surface area contributed by atoms with Crippen molar-refractivity contribution >= 4 is 0 Å². The van der Waals surface area contributed by atoms with Gasteiger partial charge in [-0.1, -0.05) is 12.8 Å². The third kappa shape index (κ3) is 3.30. The third-order valence-corrected chi connectivity index (χ3v) is 2.83. The summed E-state index contributed by atoms with van der Waals surface area (Å²) in [5, 5.41) is 0. The van der Waals surface area contributed by atoms with Gasteiger partial charge in [-0.25, -0.2) is 15.4 Å². The molecule has 74 valence electrons. The van der Waals surface area contributed by atoms with E-state index >= 15 is 0 Å². The van der Waals surface area contributed by atoms with E-state index in [2.05, 4.69) is 4.85 Å². The molecule has 0 heterocycles. The Labute approximate surface area is 78.0 Å². The molecule has 0 amide bonds. The van der Waals surface area contributed by atoms with Gasteiger partial charge in [-0.2, -0.15) is 0 Å². The van der Waals surface area contributed by atoms with Crippen LogP contribution in [0.4, 0.5) is 8.78 Å². The molecule has 1 aliphatic rings. The summed E-state index contributed by atoms with van der Waals surface area (Å²) in [6.45, 7) is 7.13. The number of halogens is 2. The molecular weight excluding hydrogens is 172 g/mol. The summed E-state index contributed by atoms with van der Waals surface area (Å²) in [5.41, 5.74) is 0. The van der Waals surface area contributed by atoms with Gasteiger partial charge in [-0.05, 0) is 18.8 Å². The Hall–Kier alpha value is -0.650. The second-order valence-electron chi connectivity index (χ2n) is 3.80. The monoisotopic (exact) mass is 187 g/mol. The first-order chi connectivity index (χ1) is 6.24. The van der Waals surface area contributed by atoms with E-state index in [0.29, 0.717) is 25.3 Å². The topological polar surface area (TPSA) is 4.36 Å². The van der Waals surface area contributed by atoms with Crippen LogP contribution in [0, 0.1) is 18.4 Å². The molecule has 13 heavy (non-hydrogen) atoms. The quantitative estimate of drug-likeness (QED) is 0.597. The maximum Gasteiger partial charge on any atom is 0.241 e. The number of rotatable bonds is 3. The minimum absolute atomic E-state index is 0.377. The van der Waals surface area contributed by atoms with Gasteiger partial charge in [0.1, 0.15) is 0 Å². The van der Waals surface area contributed by atoms with E-state index in [4.69, 9.17) is 6.57 Å². The van der Waals surface area contributed by atoms with Crippen LogP contribution >= 0.6 is 0 Å². The van der Waals surface area contributed by atoms with Crippen LogP contribution in [-0.4, -0.2) is 13.0 Å². The van der Waals surface area contributed by atoms with Gasteiger partial charge in [0, 0.05) is 12.3 Å². The van der Waals surface area contributed by atoms with Gasteiger partial charge in [0.15, 0.2) is 0 Å². The van der Waals surface area contributed by atoms with Gasteiger partial charge in [-0.15, -0.1) is 0 Å². The molecule has 0 radical (unpaired) electrons. The second kappa shape index (κ2) is 5.16. The first-order valence-electron chi connectivity index (χ1n) is 4.85. The molecule has 2 atom stereocenters. The smallest absolute Gasteiger partial charge is 0.241 e. The van der Waals surface area contributed by atoms with Gasteiger partial charge >= 0.3 is 0 Å². The molecule has 3 heteroatoms. The molecule has 1 nitrogen and oxygen atoms in total. The van der Waals surface area contributed by atoms with Gasteiger partial charge in [-0.3, -0.25) is 0 Å². The average Bonchev–Trinajstić information content (AvgIpc) is 2.15. The molecular formula is C10H15F2N. The second-order valence-corrected chi connectivity index (χ2v) is 3.80. The summed E-state index contributed by atoms with van der Waals surface area (Å²) < 4.78 is 24.7. The van der Waals surface area contributed by atoms with Crippen molar-refractivity contribution in [1.29, 1.82) is 0 Å². The normalized spacial score (nSPS) is 28.8. The molecule has 0 aliphatic heterocycles. The highest BCUT2D eigenvalue weighted by molar-refractivity contribution is 4.76. The Kier molecular flexibility index (Phi) is 4.14. The highest BCUT2D eigenvalue weighted by Gasteiger charge is 2.28. The van der Waals surface area contributed by atoms with Crippen molar-refractivity contribution in [3.8, 4) is 0 Å². The Morgan fingerprint density at radius 3 is 2.77 bits per heavy atom. The molecule has 1 rings (SSSR count). The predicted molar refractivity (Wildman–Crippen MR) is 47.5 cm³/mol.